The highest BCUT2D eigenvalue weighted by Crippen LogP contribution is 2.16. The summed E-state index contributed by atoms with van der Waals surface area (Å²) >= 11 is 0. The molecule has 0 atom stereocenters. The van der Waals surface area contributed by atoms with Crippen LogP contribution < -0.4 is 10.1 Å². The summed E-state index contributed by atoms with van der Waals surface area (Å²) in [4.78, 5) is 25.5. The molecule has 0 spiro atoms. The normalized spacial score (nSPS) is 10.1. The number of carbonyl (C=O) groups excluding carboxylic acids is 2. The third-order valence-electron chi connectivity index (χ3n) is 3.03. The number of benzene rings is 1. The molecular weight excluding hydrogens is 284 g/mol. The number of aromatic nitrogens is 2. The topological polar surface area (TPSA) is 76.5 Å². The first-order chi connectivity index (χ1) is 10.5. The van der Waals surface area contributed by atoms with Crippen molar-refractivity contribution >= 4 is 17.5 Å². The van der Waals surface area contributed by atoms with Crippen LogP contribution in [0.15, 0.2) is 36.7 Å². The van der Waals surface area contributed by atoms with E-state index >= 15 is 0 Å². The molecule has 0 aliphatic heterocycles. The van der Waals surface area contributed by atoms with Gasteiger partial charge in [0.2, 0.25) is 5.91 Å². The van der Waals surface area contributed by atoms with E-state index in [1.54, 1.807) is 51.7 Å². The van der Waals surface area contributed by atoms with Crippen LogP contribution in [0.2, 0.25) is 0 Å². The van der Waals surface area contributed by atoms with Gasteiger partial charge in [0.15, 0.2) is 0 Å². The molecule has 0 saturated heterocycles. The molecule has 7 heteroatoms. The molecular formula is C15H18N4O3. The number of methoxy groups -OCH3 is 1. The standard InChI is InChI=1S/C15H18N4O3/c1-18(15(21)11-8-16-19(2)9-11)10-14(20)17-12-5-4-6-13(7-12)22-3/h4-9H,10H2,1-3H3,(H,17,20). The van der Waals surface area contributed by atoms with Crippen LogP contribution in [-0.2, 0) is 11.8 Å². The number of nitrogens with zero attached hydrogens (tertiary/aromatic N) is 3. The van der Waals surface area contributed by atoms with Crippen LogP contribution in [0.4, 0.5) is 5.69 Å². The van der Waals surface area contributed by atoms with E-state index in [0.717, 1.165) is 0 Å². The number of aryl methyl sites for hydroxylation is 1. The highest BCUT2D eigenvalue weighted by atomic mass is 16.5. The maximum absolute atomic E-state index is 12.1. The Labute approximate surface area is 128 Å². The van der Waals surface area contributed by atoms with E-state index in [2.05, 4.69) is 10.4 Å². The van der Waals surface area contributed by atoms with E-state index in [1.807, 2.05) is 0 Å². The SMILES string of the molecule is COc1cccc(NC(=O)CN(C)C(=O)c2cnn(C)c2)c1. The number of nitrogens with one attached hydrogen (secondary N) is 1. The van der Waals surface area contributed by atoms with Crippen molar-refractivity contribution in [2.24, 2.45) is 7.05 Å². The van der Waals surface area contributed by atoms with Gasteiger partial charge >= 0.3 is 0 Å². The van der Waals surface area contributed by atoms with E-state index in [-0.39, 0.29) is 18.4 Å². The van der Waals surface area contributed by atoms with Gasteiger partial charge in [-0.15, -0.1) is 0 Å². The molecule has 0 aliphatic rings. The second kappa shape index (κ2) is 6.75. The monoisotopic (exact) mass is 302 g/mol. The van der Waals surface area contributed by atoms with Crippen LogP contribution in [0.25, 0.3) is 0 Å². The lowest BCUT2D eigenvalue weighted by molar-refractivity contribution is -0.116. The van der Waals surface area contributed by atoms with E-state index in [4.69, 9.17) is 4.74 Å². The molecule has 0 aliphatic carbocycles. The van der Waals surface area contributed by atoms with Crippen molar-refractivity contribution in [3.05, 3.63) is 42.2 Å². The maximum atomic E-state index is 12.1. The van der Waals surface area contributed by atoms with Crippen LogP contribution in [0.3, 0.4) is 0 Å². The minimum Gasteiger partial charge on any atom is -0.497 e. The van der Waals surface area contributed by atoms with E-state index in [1.165, 1.54) is 15.8 Å². The fourth-order valence-corrected chi connectivity index (χ4v) is 1.94. The van der Waals surface area contributed by atoms with Crippen LogP contribution >= 0.6 is 0 Å². The molecule has 0 bridgehead atoms. The summed E-state index contributed by atoms with van der Waals surface area (Å²) in [6.07, 6.45) is 3.08. The Morgan fingerprint density at radius 3 is 2.82 bits per heavy atom. The van der Waals surface area contributed by atoms with Crippen molar-refractivity contribution in [1.29, 1.82) is 0 Å². The number of hydrogen-bond donors (Lipinski definition) is 1. The van der Waals surface area contributed by atoms with Crippen LogP contribution in [0.5, 0.6) is 5.75 Å². The zero-order valence-electron chi connectivity index (χ0n) is 12.7. The fourth-order valence-electron chi connectivity index (χ4n) is 1.94. The van der Waals surface area contributed by atoms with Gasteiger partial charge in [-0.25, -0.2) is 0 Å². The first-order valence-electron chi connectivity index (χ1n) is 6.67. The van der Waals surface area contributed by atoms with Crippen molar-refractivity contribution in [2.75, 3.05) is 26.0 Å². The predicted molar refractivity (Wildman–Crippen MR) is 81.8 cm³/mol. The van der Waals surface area contributed by atoms with E-state index in [0.29, 0.717) is 17.0 Å². The Morgan fingerprint density at radius 2 is 2.18 bits per heavy atom. The second-order valence-electron chi connectivity index (χ2n) is 4.84. The average molecular weight is 302 g/mol. The number of ether oxygens (including phenoxy) is 1. The van der Waals surface area contributed by atoms with Crippen molar-refractivity contribution in [3.63, 3.8) is 0 Å². The van der Waals surface area contributed by atoms with Crippen LogP contribution in [0, 0.1) is 0 Å². The molecule has 1 N–H and O–H groups in total. The summed E-state index contributed by atoms with van der Waals surface area (Å²) in [6, 6.07) is 7.02. The third kappa shape index (κ3) is 3.85. The molecule has 2 amide bonds. The van der Waals surface area contributed by atoms with E-state index in [9.17, 15) is 9.59 Å². The molecule has 0 saturated carbocycles. The first-order valence-corrected chi connectivity index (χ1v) is 6.67. The summed E-state index contributed by atoms with van der Waals surface area (Å²) in [5, 5.41) is 6.67. The zero-order valence-corrected chi connectivity index (χ0v) is 12.7. The average Bonchev–Trinajstić information content (AvgIpc) is 2.93. The molecule has 0 fully saturated rings. The van der Waals surface area contributed by atoms with Gasteiger partial charge < -0.3 is 15.0 Å². The highest BCUT2D eigenvalue weighted by molar-refractivity contribution is 5.99. The van der Waals surface area contributed by atoms with Crippen molar-refractivity contribution < 1.29 is 14.3 Å². The zero-order chi connectivity index (χ0) is 16.1. The van der Waals surface area contributed by atoms with Crippen molar-refractivity contribution in [3.8, 4) is 5.75 Å². The number of rotatable bonds is 5. The lowest BCUT2D eigenvalue weighted by Crippen LogP contribution is -2.34. The summed E-state index contributed by atoms with van der Waals surface area (Å²) in [5.41, 5.74) is 1.06. The lowest BCUT2D eigenvalue weighted by Gasteiger charge is -2.16. The van der Waals surface area contributed by atoms with Gasteiger partial charge in [-0.3, -0.25) is 14.3 Å². The van der Waals surface area contributed by atoms with Crippen molar-refractivity contribution in [2.45, 2.75) is 0 Å². The highest BCUT2D eigenvalue weighted by Gasteiger charge is 2.16. The fraction of sp³-hybridized carbons (Fsp3) is 0.267. The minimum atomic E-state index is -0.284. The second-order valence-corrected chi connectivity index (χ2v) is 4.84. The molecule has 22 heavy (non-hydrogen) atoms. The van der Waals surface area contributed by atoms with Gasteiger partial charge in [-0.05, 0) is 12.1 Å². The molecule has 116 valence electrons. The smallest absolute Gasteiger partial charge is 0.257 e. The number of hydrogen-bond acceptors (Lipinski definition) is 4. The Balaban J connectivity index is 1.94. The summed E-state index contributed by atoms with van der Waals surface area (Å²) in [7, 11) is 4.86. The molecule has 1 heterocycles. The summed E-state index contributed by atoms with van der Waals surface area (Å²) < 4.78 is 6.63. The number of amides is 2. The number of anilines is 1. The predicted octanol–water partition coefficient (Wildman–Crippen LogP) is 1.14. The lowest BCUT2D eigenvalue weighted by atomic mass is 10.3. The van der Waals surface area contributed by atoms with E-state index < -0.39 is 0 Å². The summed E-state index contributed by atoms with van der Waals surface area (Å²) in [5.74, 6) is 0.111. The molecule has 0 unspecified atom stereocenters. The van der Waals surface area contributed by atoms with Gasteiger partial charge in [0.25, 0.3) is 5.91 Å². The van der Waals surface area contributed by atoms with Crippen molar-refractivity contribution in [1.82, 2.24) is 14.7 Å². The molecule has 1 aromatic heterocycles. The molecule has 1 aromatic carbocycles. The van der Waals surface area contributed by atoms with Gasteiger partial charge in [0.05, 0.1) is 25.4 Å². The Kier molecular flexibility index (Phi) is 4.77. The first kappa shape index (κ1) is 15.6. The number of carbonyl (C=O) groups is 2. The third-order valence-corrected chi connectivity index (χ3v) is 3.03. The Bertz CT molecular complexity index is 681. The van der Waals surface area contributed by atoms with Gasteiger partial charge in [0.1, 0.15) is 5.75 Å². The molecule has 7 nitrogen and oxygen atoms in total. The maximum Gasteiger partial charge on any atom is 0.257 e. The molecule has 2 aromatic rings. The Hall–Kier alpha value is -2.83. The van der Waals surface area contributed by atoms with Crippen LogP contribution in [0.1, 0.15) is 10.4 Å². The Morgan fingerprint density at radius 1 is 1.41 bits per heavy atom. The molecule has 2 rings (SSSR count). The summed E-state index contributed by atoms with van der Waals surface area (Å²) in [6.45, 7) is -0.0507. The quantitative estimate of drug-likeness (QED) is 0.898. The van der Waals surface area contributed by atoms with Gasteiger partial charge in [-0.2, -0.15) is 5.10 Å². The van der Waals surface area contributed by atoms with Gasteiger partial charge in [0, 0.05) is 32.0 Å². The number of likely N-dealkylation sites (N-methyl/N-ethyl adjacent to an activating group) is 1. The van der Waals surface area contributed by atoms with Gasteiger partial charge in [-0.1, -0.05) is 6.07 Å². The minimum absolute atomic E-state index is 0.0507. The largest absolute Gasteiger partial charge is 0.497 e. The van der Waals surface area contributed by atoms with Crippen LogP contribution in [-0.4, -0.2) is 47.2 Å². The molecule has 0 radical (unpaired) electrons.